The van der Waals surface area contributed by atoms with Crippen molar-refractivity contribution in [1.29, 1.82) is 0 Å². The predicted molar refractivity (Wildman–Crippen MR) is 75.3 cm³/mol. The third-order valence-corrected chi connectivity index (χ3v) is 3.19. The van der Waals surface area contributed by atoms with Gasteiger partial charge in [-0.25, -0.2) is 4.52 Å². The van der Waals surface area contributed by atoms with Crippen molar-refractivity contribution in [3.05, 3.63) is 47.5 Å². The molecule has 0 radical (unpaired) electrons. The van der Waals surface area contributed by atoms with Gasteiger partial charge in [0.05, 0.1) is 0 Å². The molecule has 0 saturated carbocycles. The topological polar surface area (TPSA) is 43.1 Å². The molecule has 0 aliphatic carbocycles. The molecular weight excluding hydrogens is 260 g/mol. The summed E-state index contributed by atoms with van der Waals surface area (Å²) in [7, 11) is 0. The van der Waals surface area contributed by atoms with Crippen molar-refractivity contribution < 1.29 is 0 Å². The fourth-order valence-electron chi connectivity index (χ4n) is 1.87. The Hall–Kier alpha value is -1.94. The molecule has 2 heterocycles. The van der Waals surface area contributed by atoms with Gasteiger partial charge in [0, 0.05) is 17.7 Å². The van der Waals surface area contributed by atoms with E-state index in [1.807, 2.05) is 36.5 Å². The van der Waals surface area contributed by atoms with Gasteiger partial charge in [-0.2, -0.15) is 9.97 Å². The molecule has 0 bridgehead atoms. The molecule has 96 valence electrons. The molecule has 0 N–H and O–H groups in total. The number of halogens is 1. The van der Waals surface area contributed by atoms with Crippen molar-refractivity contribution in [3.8, 4) is 11.1 Å². The highest BCUT2D eigenvalue weighted by atomic mass is 35.5. The molecule has 19 heavy (non-hydrogen) atoms. The highest BCUT2D eigenvalue weighted by molar-refractivity contribution is 6.32. The van der Waals surface area contributed by atoms with E-state index < -0.39 is 0 Å². The average Bonchev–Trinajstić information content (AvgIpc) is 2.82. The molecule has 0 fully saturated rings. The molecule has 0 unspecified atom stereocenters. The minimum atomic E-state index is 0.264. The highest BCUT2D eigenvalue weighted by Crippen LogP contribution is 2.26. The molecule has 0 amide bonds. The SMILES string of the molecule is CC(C)c1nc2nc(Cl)c(-c3ccccc3)cn2n1. The summed E-state index contributed by atoms with van der Waals surface area (Å²) < 4.78 is 1.68. The van der Waals surface area contributed by atoms with E-state index in [4.69, 9.17) is 11.6 Å². The largest absolute Gasteiger partial charge is 0.253 e. The van der Waals surface area contributed by atoms with E-state index >= 15 is 0 Å². The Labute approximate surface area is 116 Å². The van der Waals surface area contributed by atoms with Gasteiger partial charge in [0.2, 0.25) is 0 Å². The number of hydrogen-bond acceptors (Lipinski definition) is 3. The third-order valence-electron chi connectivity index (χ3n) is 2.90. The van der Waals surface area contributed by atoms with E-state index in [1.165, 1.54) is 0 Å². The van der Waals surface area contributed by atoms with E-state index in [1.54, 1.807) is 4.52 Å². The van der Waals surface area contributed by atoms with Gasteiger partial charge in [-0.3, -0.25) is 0 Å². The van der Waals surface area contributed by atoms with Gasteiger partial charge in [-0.1, -0.05) is 55.8 Å². The zero-order valence-corrected chi connectivity index (χ0v) is 11.5. The number of rotatable bonds is 2. The normalized spacial score (nSPS) is 11.4. The third kappa shape index (κ3) is 2.19. The smallest absolute Gasteiger partial charge is 0.204 e. The zero-order chi connectivity index (χ0) is 13.4. The standard InChI is InChI=1S/C14H13ClN4/c1-9(2)13-17-14-16-12(15)11(8-19(14)18-13)10-6-4-3-5-7-10/h3-9H,1-2H3. The quantitative estimate of drug-likeness (QED) is 0.670. The van der Waals surface area contributed by atoms with Gasteiger partial charge in [-0.15, -0.1) is 5.10 Å². The maximum atomic E-state index is 6.23. The lowest BCUT2D eigenvalue weighted by atomic mass is 10.1. The number of nitrogens with zero attached hydrogens (tertiary/aromatic N) is 4. The van der Waals surface area contributed by atoms with E-state index in [0.29, 0.717) is 10.9 Å². The zero-order valence-electron chi connectivity index (χ0n) is 10.7. The van der Waals surface area contributed by atoms with Gasteiger partial charge in [0.1, 0.15) is 5.15 Å². The average molecular weight is 273 g/mol. The lowest BCUT2D eigenvalue weighted by molar-refractivity contribution is 0.765. The van der Waals surface area contributed by atoms with Crippen LogP contribution in [0.2, 0.25) is 5.15 Å². The van der Waals surface area contributed by atoms with Gasteiger partial charge in [-0.05, 0) is 5.56 Å². The Bertz CT molecular complexity index is 719. The van der Waals surface area contributed by atoms with E-state index in [9.17, 15) is 0 Å². The number of aromatic nitrogens is 4. The van der Waals surface area contributed by atoms with Crippen molar-refractivity contribution in [3.63, 3.8) is 0 Å². The molecule has 0 aliphatic heterocycles. The Morgan fingerprint density at radius 1 is 1.11 bits per heavy atom. The first-order chi connectivity index (χ1) is 9.15. The van der Waals surface area contributed by atoms with Crippen LogP contribution in [0.15, 0.2) is 36.5 Å². The minimum Gasteiger partial charge on any atom is -0.204 e. The number of fused-ring (bicyclic) bond motifs is 1. The summed E-state index contributed by atoms with van der Waals surface area (Å²) in [5.41, 5.74) is 1.87. The summed E-state index contributed by atoms with van der Waals surface area (Å²) in [6.45, 7) is 4.10. The molecule has 0 saturated heterocycles. The molecule has 2 aromatic heterocycles. The second-order valence-corrected chi connectivity index (χ2v) is 5.04. The number of hydrogen-bond donors (Lipinski definition) is 0. The first-order valence-corrected chi connectivity index (χ1v) is 6.51. The first-order valence-electron chi connectivity index (χ1n) is 6.13. The molecule has 3 rings (SSSR count). The molecule has 0 aliphatic rings. The maximum Gasteiger partial charge on any atom is 0.253 e. The van der Waals surface area contributed by atoms with Crippen LogP contribution in [0.5, 0.6) is 0 Å². The lowest BCUT2D eigenvalue weighted by Gasteiger charge is -2.03. The maximum absolute atomic E-state index is 6.23. The summed E-state index contributed by atoms with van der Waals surface area (Å²) in [4.78, 5) is 8.67. The second kappa shape index (κ2) is 4.63. The van der Waals surface area contributed by atoms with Crippen molar-refractivity contribution in [2.24, 2.45) is 0 Å². The molecule has 1 aromatic carbocycles. The Morgan fingerprint density at radius 2 is 1.84 bits per heavy atom. The Kier molecular flexibility index (Phi) is 2.95. The minimum absolute atomic E-state index is 0.264. The monoisotopic (exact) mass is 272 g/mol. The van der Waals surface area contributed by atoms with Crippen LogP contribution in [-0.2, 0) is 0 Å². The molecule has 0 spiro atoms. The van der Waals surface area contributed by atoms with Gasteiger partial charge in [0.15, 0.2) is 5.82 Å². The fourth-order valence-corrected chi connectivity index (χ4v) is 2.11. The molecular formula is C14H13ClN4. The molecule has 5 heteroatoms. The van der Waals surface area contributed by atoms with Crippen LogP contribution in [0.4, 0.5) is 0 Å². The molecule has 3 aromatic rings. The van der Waals surface area contributed by atoms with Gasteiger partial charge >= 0.3 is 0 Å². The second-order valence-electron chi connectivity index (χ2n) is 4.68. The summed E-state index contributed by atoms with van der Waals surface area (Å²) in [5, 5.41) is 4.87. The summed E-state index contributed by atoms with van der Waals surface area (Å²) in [5.74, 6) is 1.57. The van der Waals surface area contributed by atoms with Crippen molar-refractivity contribution in [2.75, 3.05) is 0 Å². The van der Waals surface area contributed by atoms with E-state index in [2.05, 4.69) is 28.9 Å². The Balaban J connectivity index is 2.19. The van der Waals surface area contributed by atoms with Crippen molar-refractivity contribution in [2.45, 2.75) is 19.8 Å². The van der Waals surface area contributed by atoms with E-state index in [-0.39, 0.29) is 5.92 Å². The van der Waals surface area contributed by atoms with Crippen LogP contribution in [0.25, 0.3) is 16.9 Å². The van der Waals surface area contributed by atoms with Crippen molar-refractivity contribution >= 4 is 17.4 Å². The van der Waals surface area contributed by atoms with Crippen LogP contribution in [0.1, 0.15) is 25.6 Å². The predicted octanol–water partition coefficient (Wildman–Crippen LogP) is 3.57. The lowest BCUT2D eigenvalue weighted by Crippen LogP contribution is -1.94. The van der Waals surface area contributed by atoms with Crippen LogP contribution in [-0.4, -0.2) is 19.6 Å². The summed E-state index contributed by atoms with van der Waals surface area (Å²) >= 11 is 6.23. The van der Waals surface area contributed by atoms with Crippen LogP contribution >= 0.6 is 11.6 Å². The van der Waals surface area contributed by atoms with Gasteiger partial charge in [0.25, 0.3) is 5.78 Å². The Morgan fingerprint density at radius 3 is 2.53 bits per heavy atom. The molecule has 4 nitrogen and oxygen atoms in total. The summed E-state index contributed by atoms with van der Waals surface area (Å²) in [6, 6.07) is 9.90. The summed E-state index contributed by atoms with van der Waals surface area (Å²) in [6.07, 6.45) is 1.87. The van der Waals surface area contributed by atoms with Crippen LogP contribution in [0, 0.1) is 0 Å². The molecule has 0 atom stereocenters. The van der Waals surface area contributed by atoms with Crippen molar-refractivity contribution in [1.82, 2.24) is 19.6 Å². The highest BCUT2D eigenvalue weighted by Gasteiger charge is 2.12. The van der Waals surface area contributed by atoms with E-state index in [0.717, 1.165) is 17.0 Å². The van der Waals surface area contributed by atoms with Crippen LogP contribution < -0.4 is 0 Å². The van der Waals surface area contributed by atoms with Gasteiger partial charge < -0.3 is 0 Å². The van der Waals surface area contributed by atoms with Crippen LogP contribution in [0.3, 0.4) is 0 Å². The first kappa shape index (κ1) is 12.1. The fraction of sp³-hybridized carbons (Fsp3) is 0.214. The number of benzene rings is 1.